The molecular formula is C12H23B2NO6. The second-order valence-corrected chi connectivity index (χ2v) is 5.85. The van der Waals surface area contributed by atoms with E-state index >= 15 is 0 Å². The molecule has 0 amide bonds. The molecule has 7 N–H and O–H groups in total. The smallest absolute Gasteiger partial charge is 0.111 e. The van der Waals surface area contributed by atoms with E-state index in [1.54, 1.807) is 0 Å². The van der Waals surface area contributed by atoms with Gasteiger partial charge in [0.2, 0.25) is 0 Å². The number of hydrogen-bond acceptors (Lipinski definition) is 7. The molecule has 0 aromatic carbocycles. The van der Waals surface area contributed by atoms with Crippen LogP contribution in [0.4, 0.5) is 0 Å². The fourth-order valence-corrected chi connectivity index (χ4v) is 2.53. The fourth-order valence-electron chi connectivity index (χ4n) is 2.53. The largest absolute Gasteiger partial charge is 0.396 e. The van der Waals surface area contributed by atoms with Crippen LogP contribution in [-0.4, -0.2) is 90.4 Å². The lowest BCUT2D eigenvalue weighted by Crippen LogP contribution is -2.41. The maximum absolute atomic E-state index is 9.55. The number of ether oxygens (including phenoxy) is 1. The third-order valence-corrected chi connectivity index (χ3v) is 4.25. The van der Waals surface area contributed by atoms with Crippen LogP contribution in [0.25, 0.3) is 0 Å². The summed E-state index contributed by atoms with van der Waals surface area (Å²) in [7, 11) is 10.9. The summed E-state index contributed by atoms with van der Waals surface area (Å²) in [5, 5.41) is 45.4. The minimum Gasteiger partial charge on any atom is -0.396 e. The minimum atomic E-state index is -1.24. The molecule has 2 aliphatic rings. The van der Waals surface area contributed by atoms with Crippen LogP contribution in [-0.2, 0) is 4.74 Å². The van der Waals surface area contributed by atoms with Crippen molar-refractivity contribution in [3.05, 3.63) is 0 Å². The Hall–Kier alpha value is -0.150. The van der Waals surface area contributed by atoms with Gasteiger partial charge in [-0.25, -0.2) is 0 Å². The Morgan fingerprint density at radius 2 is 1.81 bits per heavy atom. The maximum atomic E-state index is 9.55. The normalized spacial score (nSPS) is 49.8. The van der Waals surface area contributed by atoms with Gasteiger partial charge in [0.15, 0.2) is 0 Å². The number of aliphatic hydroxyl groups is 5. The third-order valence-electron chi connectivity index (χ3n) is 4.25. The average molecular weight is 299 g/mol. The Labute approximate surface area is 126 Å². The predicted octanol–water partition coefficient (Wildman–Crippen LogP) is -3.37. The highest BCUT2D eigenvalue weighted by Gasteiger charge is 2.47. The molecule has 0 spiro atoms. The molecule has 0 unspecified atom stereocenters. The highest BCUT2D eigenvalue weighted by molar-refractivity contribution is 6.12. The highest BCUT2D eigenvalue weighted by atomic mass is 16.5. The summed E-state index contributed by atoms with van der Waals surface area (Å²) in [6, 6.07) is -1.25. The molecular weight excluding hydrogens is 276 g/mol. The lowest BCUT2D eigenvalue weighted by Gasteiger charge is -2.27. The molecule has 1 saturated carbocycles. The standard InChI is InChI=1S/C7H13BO3.C5H10BNO3/c1-7(11)5(8)2-4(3-9)6(7)10;6-5-3(7)4(9)2(1-8)10-5/h4-6,9-11H,2-3H2,1H3;2-5,8-9H,1,7H2/t4-,5-,6-,7+;2-,3-,4-,5-/m11/s1. The van der Waals surface area contributed by atoms with E-state index < -0.39 is 41.8 Å². The van der Waals surface area contributed by atoms with Crippen molar-refractivity contribution in [2.75, 3.05) is 13.2 Å². The first-order valence-electron chi connectivity index (χ1n) is 6.89. The summed E-state index contributed by atoms with van der Waals surface area (Å²) >= 11 is 0. The van der Waals surface area contributed by atoms with E-state index in [1.165, 1.54) is 6.92 Å². The van der Waals surface area contributed by atoms with Crippen molar-refractivity contribution in [3.63, 3.8) is 0 Å². The van der Waals surface area contributed by atoms with E-state index in [2.05, 4.69) is 0 Å². The van der Waals surface area contributed by atoms with Crippen molar-refractivity contribution in [1.29, 1.82) is 0 Å². The van der Waals surface area contributed by atoms with Gasteiger partial charge in [-0.3, -0.25) is 0 Å². The van der Waals surface area contributed by atoms with Gasteiger partial charge in [-0.05, 0) is 19.2 Å². The van der Waals surface area contributed by atoms with Gasteiger partial charge in [-0.15, -0.1) is 0 Å². The molecule has 0 aromatic heterocycles. The van der Waals surface area contributed by atoms with Crippen molar-refractivity contribution >= 4 is 15.7 Å². The highest BCUT2D eigenvalue weighted by Crippen LogP contribution is 2.41. The second kappa shape index (κ2) is 7.41. The van der Waals surface area contributed by atoms with Gasteiger partial charge >= 0.3 is 0 Å². The molecule has 1 saturated heterocycles. The molecule has 9 heteroatoms. The Kier molecular flexibility index (Phi) is 6.67. The topological polar surface area (TPSA) is 136 Å². The molecule has 7 nitrogen and oxygen atoms in total. The van der Waals surface area contributed by atoms with Gasteiger partial charge in [0.05, 0.1) is 38.3 Å². The molecule has 1 heterocycles. The molecule has 21 heavy (non-hydrogen) atoms. The molecule has 1 aliphatic carbocycles. The van der Waals surface area contributed by atoms with Crippen LogP contribution in [0.5, 0.6) is 0 Å². The van der Waals surface area contributed by atoms with Crippen molar-refractivity contribution < 1.29 is 30.3 Å². The molecule has 2 rings (SSSR count). The van der Waals surface area contributed by atoms with Gasteiger partial charge in [0, 0.05) is 18.5 Å². The van der Waals surface area contributed by atoms with Crippen LogP contribution in [0, 0.1) is 5.92 Å². The number of hydrogen-bond donors (Lipinski definition) is 6. The minimum absolute atomic E-state index is 0.120. The number of nitrogens with two attached hydrogens (primary N) is 1. The maximum Gasteiger partial charge on any atom is 0.111 e. The number of aliphatic hydroxyl groups excluding tert-OH is 4. The SMILES string of the molecule is [B][C@@H]1C[C@H](CO)[C@@H](O)[C@@]1(C)O.[B][C@@H]1O[C@H](CO)[C@@H](O)[C@H]1N. The van der Waals surface area contributed by atoms with E-state index in [1.807, 2.05) is 0 Å². The summed E-state index contributed by atoms with van der Waals surface area (Å²) in [4.78, 5) is 0. The Morgan fingerprint density at radius 1 is 1.24 bits per heavy atom. The van der Waals surface area contributed by atoms with Gasteiger partial charge in [-0.1, -0.05) is 0 Å². The number of rotatable bonds is 2. The molecule has 2 fully saturated rings. The molecule has 0 bridgehead atoms. The summed E-state index contributed by atoms with van der Waals surface area (Å²) in [5.74, 6) is -0.713. The van der Waals surface area contributed by atoms with E-state index in [0.717, 1.165) is 0 Å². The zero-order valence-corrected chi connectivity index (χ0v) is 12.0. The average Bonchev–Trinajstić information content (AvgIpc) is 2.81. The van der Waals surface area contributed by atoms with Gasteiger partial charge in [0.25, 0.3) is 0 Å². The summed E-state index contributed by atoms with van der Waals surface area (Å²) in [5.41, 5.74) is 4.13. The summed E-state index contributed by atoms with van der Waals surface area (Å²) < 4.78 is 4.89. The Balaban J connectivity index is 0.000000211. The second-order valence-electron chi connectivity index (χ2n) is 5.85. The first kappa shape index (κ1) is 18.9. The van der Waals surface area contributed by atoms with Gasteiger partial charge < -0.3 is 36.0 Å². The van der Waals surface area contributed by atoms with E-state index in [4.69, 9.17) is 41.5 Å². The van der Waals surface area contributed by atoms with Crippen molar-refractivity contribution in [2.24, 2.45) is 11.7 Å². The predicted molar refractivity (Wildman–Crippen MR) is 76.8 cm³/mol. The van der Waals surface area contributed by atoms with Crippen molar-refractivity contribution in [2.45, 2.75) is 55.1 Å². The van der Waals surface area contributed by atoms with Crippen LogP contribution in [0.3, 0.4) is 0 Å². The first-order valence-corrected chi connectivity index (χ1v) is 6.89. The van der Waals surface area contributed by atoms with Crippen LogP contribution in [0.15, 0.2) is 0 Å². The molecule has 118 valence electrons. The van der Waals surface area contributed by atoms with Crippen LogP contribution < -0.4 is 5.73 Å². The van der Waals surface area contributed by atoms with E-state index in [-0.39, 0.29) is 19.1 Å². The fraction of sp³-hybridized carbons (Fsp3) is 1.00. The third kappa shape index (κ3) is 3.98. The zero-order valence-electron chi connectivity index (χ0n) is 12.0. The van der Waals surface area contributed by atoms with Crippen molar-refractivity contribution in [3.8, 4) is 0 Å². The summed E-state index contributed by atoms with van der Waals surface area (Å²) in [6.45, 7) is 1.13. The first-order chi connectivity index (χ1) is 9.66. The molecule has 1 aliphatic heterocycles. The molecule has 0 aromatic rings. The lowest BCUT2D eigenvalue weighted by atomic mass is 9.76. The van der Waals surface area contributed by atoms with Gasteiger partial charge in [0.1, 0.15) is 14.0 Å². The Bertz CT molecular complexity index is 335. The van der Waals surface area contributed by atoms with E-state index in [9.17, 15) is 10.2 Å². The lowest BCUT2D eigenvalue weighted by molar-refractivity contribution is -0.0602. The molecule has 8 atom stereocenters. The quantitative estimate of drug-likeness (QED) is 0.293. The van der Waals surface area contributed by atoms with Crippen molar-refractivity contribution in [1.82, 2.24) is 0 Å². The van der Waals surface area contributed by atoms with Crippen LogP contribution >= 0.6 is 0 Å². The van der Waals surface area contributed by atoms with Crippen LogP contribution in [0.2, 0.25) is 5.82 Å². The monoisotopic (exact) mass is 299 g/mol. The van der Waals surface area contributed by atoms with Gasteiger partial charge in [-0.2, -0.15) is 0 Å². The molecule has 4 radical (unpaired) electrons. The van der Waals surface area contributed by atoms with Crippen LogP contribution in [0.1, 0.15) is 13.3 Å². The Morgan fingerprint density at radius 3 is 2.00 bits per heavy atom. The summed E-state index contributed by atoms with van der Waals surface area (Å²) in [6.07, 6.45) is -1.89. The van der Waals surface area contributed by atoms with E-state index in [0.29, 0.717) is 6.42 Å². The zero-order chi connectivity index (χ0) is 16.4.